The molecule has 2 aromatic carbocycles. The van der Waals surface area contributed by atoms with Crippen molar-refractivity contribution in [2.45, 2.75) is 32.6 Å². The molecule has 126 valence electrons. The fourth-order valence-corrected chi connectivity index (χ4v) is 2.75. The molecule has 0 aliphatic rings. The predicted molar refractivity (Wildman–Crippen MR) is 92.8 cm³/mol. The quantitative estimate of drug-likeness (QED) is 0.647. The molecule has 2 rings (SSSR count). The van der Waals surface area contributed by atoms with Crippen LogP contribution in [0.5, 0.6) is 11.5 Å². The number of phenolic OH excluding ortho intramolecular Hbond substituents is 1. The Morgan fingerprint density at radius 1 is 1.12 bits per heavy atom. The Balaban J connectivity index is 2.60. The van der Waals surface area contributed by atoms with E-state index >= 15 is 0 Å². The number of phenols is 1. The summed E-state index contributed by atoms with van der Waals surface area (Å²) in [6, 6.07) is 11.8. The SMILES string of the molecule is CCC(=O)C(C)(C(=O)c1ccc(C)cc1)c1ccc(O)c(OC)c1. The van der Waals surface area contributed by atoms with Gasteiger partial charge in [0.25, 0.3) is 0 Å². The Bertz CT molecular complexity index is 762. The summed E-state index contributed by atoms with van der Waals surface area (Å²) in [5, 5.41) is 9.79. The van der Waals surface area contributed by atoms with Crippen LogP contribution in [0.3, 0.4) is 0 Å². The van der Waals surface area contributed by atoms with Crippen LogP contribution in [0.1, 0.15) is 41.8 Å². The first-order valence-electron chi connectivity index (χ1n) is 7.86. The van der Waals surface area contributed by atoms with Crippen molar-refractivity contribution >= 4 is 11.6 Å². The van der Waals surface area contributed by atoms with Crippen LogP contribution in [0.15, 0.2) is 42.5 Å². The van der Waals surface area contributed by atoms with Crippen molar-refractivity contribution in [2.75, 3.05) is 7.11 Å². The lowest BCUT2D eigenvalue weighted by atomic mass is 9.72. The smallest absolute Gasteiger partial charge is 0.180 e. The average molecular weight is 326 g/mol. The third kappa shape index (κ3) is 3.04. The van der Waals surface area contributed by atoms with Crippen LogP contribution in [0, 0.1) is 6.92 Å². The molecular weight excluding hydrogens is 304 g/mol. The number of carbonyl (C=O) groups excluding carboxylic acids is 2. The van der Waals surface area contributed by atoms with E-state index in [2.05, 4.69) is 0 Å². The Labute approximate surface area is 142 Å². The van der Waals surface area contributed by atoms with Gasteiger partial charge >= 0.3 is 0 Å². The number of aryl methyl sites for hydroxylation is 1. The van der Waals surface area contributed by atoms with Gasteiger partial charge in [-0.1, -0.05) is 42.8 Å². The van der Waals surface area contributed by atoms with Gasteiger partial charge in [-0.25, -0.2) is 0 Å². The highest BCUT2D eigenvalue weighted by atomic mass is 16.5. The van der Waals surface area contributed by atoms with E-state index in [4.69, 9.17) is 4.74 Å². The summed E-state index contributed by atoms with van der Waals surface area (Å²) in [7, 11) is 1.43. The molecule has 0 amide bonds. The molecule has 0 aliphatic carbocycles. The summed E-state index contributed by atoms with van der Waals surface area (Å²) in [4.78, 5) is 25.8. The minimum absolute atomic E-state index is 0.0321. The van der Waals surface area contributed by atoms with E-state index in [0.29, 0.717) is 11.1 Å². The predicted octanol–water partition coefficient (Wildman–Crippen LogP) is 3.83. The van der Waals surface area contributed by atoms with Crippen molar-refractivity contribution in [2.24, 2.45) is 0 Å². The van der Waals surface area contributed by atoms with Crippen molar-refractivity contribution in [3.63, 3.8) is 0 Å². The van der Waals surface area contributed by atoms with Crippen LogP contribution in [0.4, 0.5) is 0 Å². The van der Waals surface area contributed by atoms with Gasteiger partial charge in [0.15, 0.2) is 23.1 Å². The van der Waals surface area contributed by atoms with Gasteiger partial charge < -0.3 is 9.84 Å². The number of carbonyl (C=O) groups is 2. The van der Waals surface area contributed by atoms with Gasteiger partial charge in [0.2, 0.25) is 0 Å². The normalized spacial score (nSPS) is 13.2. The summed E-state index contributed by atoms with van der Waals surface area (Å²) in [6.45, 7) is 5.31. The molecule has 2 aromatic rings. The molecule has 4 nitrogen and oxygen atoms in total. The number of ketones is 2. The second-order valence-electron chi connectivity index (χ2n) is 5.98. The first-order valence-corrected chi connectivity index (χ1v) is 7.86. The maximum atomic E-state index is 13.1. The lowest BCUT2D eigenvalue weighted by Crippen LogP contribution is -2.40. The maximum Gasteiger partial charge on any atom is 0.180 e. The third-order valence-corrected chi connectivity index (χ3v) is 4.40. The van der Waals surface area contributed by atoms with Gasteiger partial charge in [0.05, 0.1) is 7.11 Å². The first-order chi connectivity index (χ1) is 11.3. The zero-order chi connectivity index (χ0) is 17.9. The molecule has 0 aromatic heterocycles. The number of benzene rings is 2. The van der Waals surface area contributed by atoms with Crippen LogP contribution in [0.25, 0.3) is 0 Å². The summed E-state index contributed by atoms with van der Waals surface area (Å²) in [6.07, 6.45) is 0.233. The summed E-state index contributed by atoms with van der Waals surface area (Å²) >= 11 is 0. The number of hydrogen-bond donors (Lipinski definition) is 1. The standard InChI is InChI=1S/C20H22O4/c1-5-18(22)20(3,15-10-11-16(21)17(12-15)24-4)19(23)14-8-6-13(2)7-9-14/h6-12,21H,5H2,1-4H3. The number of rotatable bonds is 6. The Morgan fingerprint density at radius 3 is 2.29 bits per heavy atom. The fraction of sp³-hybridized carbons (Fsp3) is 0.300. The Hall–Kier alpha value is -2.62. The van der Waals surface area contributed by atoms with Crippen LogP contribution in [-0.4, -0.2) is 23.8 Å². The molecule has 0 bridgehead atoms. The van der Waals surface area contributed by atoms with Crippen LogP contribution in [-0.2, 0) is 10.2 Å². The lowest BCUT2D eigenvalue weighted by Gasteiger charge is -2.27. The molecule has 4 heteroatoms. The minimum Gasteiger partial charge on any atom is -0.504 e. The van der Waals surface area contributed by atoms with Gasteiger partial charge in [0, 0.05) is 12.0 Å². The van der Waals surface area contributed by atoms with E-state index in [1.54, 1.807) is 38.1 Å². The van der Waals surface area contributed by atoms with E-state index in [1.807, 2.05) is 19.1 Å². The van der Waals surface area contributed by atoms with E-state index in [-0.39, 0.29) is 29.5 Å². The first kappa shape index (κ1) is 17.7. The molecule has 0 spiro atoms. The summed E-state index contributed by atoms with van der Waals surface area (Å²) in [5.74, 6) is -0.238. The monoisotopic (exact) mass is 326 g/mol. The Morgan fingerprint density at radius 2 is 1.75 bits per heavy atom. The molecule has 0 heterocycles. The molecule has 0 radical (unpaired) electrons. The molecule has 24 heavy (non-hydrogen) atoms. The van der Waals surface area contributed by atoms with Crippen LogP contribution < -0.4 is 4.74 Å². The van der Waals surface area contributed by atoms with Crippen molar-refractivity contribution in [3.8, 4) is 11.5 Å². The van der Waals surface area contributed by atoms with E-state index in [1.165, 1.54) is 13.2 Å². The zero-order valence-corrected chi connectivity index (χ0v) is 14.4. The number of aromatic hydroxyl groups is 1. The van der Waals surface area contributed by atoms with Gasteiger partial charge in [-0.3, -0.25) is 9.59 Å². The van der Waals surface area contributed by atoms with Gasteiger partial charge in [-0.2, -0.15) is 0 Å². The molecule has 0 saturated heterocycles. The number of ether oxygens (including phenoxy) is 1. The number of hydrogen-bond acceptors (Lipinski definition) is 4. The van der Waals surface area contributed by atoms with Crippen molar-refractivity contribution in [3.05, 3.63) is 59.2 Å². The highest BCUT2D eigenvalue weighted by Gasteiger charge is 2.42. The van der Waals surface area contributed by atoms with E-state index in [9.17, 15) is 14.7 Å². The Kier molecular flexibility index (Phi) is 5.07. The largest absolute Gasteiger partial charge is 0.504 e. The third-order valence-electron chi connectivity index (χ3n) is 4.40. The maximum absolute atomic E-state index is 13.1. The summed E-state index contributed by atoms with van der Waals surface area (Å²) < 4.78 is 5.12. The molecule has 0 saturated carbocycles. The highest BCUT2D eigenvalue weighted by molar-refractivity contribution is 6.18. The molecular formula is C20H22O4. The topological polar surface area (TPSA) is 63.6 Å². The van der Waals surface area contributed by atoms with Crippen LogP contribution in [0.2, 0.25) is 0 Å². The van der Waals surface area contributed by atoms with Gasteiger partial charge in [-0.15, -0.1) is 0 Å². The molecule has 0 fully saturated rings. The minimum atomic E-state index is -1.33. The second-order valence-corrected chi connectivity index (χ2v) is 5.98. The molecule has 1 atom stereocenters. The lowest BCUT2D eigenvalue weighted by molar-refractivity contribution is -0.122. The van der Waals surface area contributed by atoms with Gasteiger partial charge in [0.1, 0.15) is 5.41 Å². The highest BCUT2D eigenvalue weighted by Crippen LogP contribution is 2.36. The number of Topliss-reactive ketones (excluding diaryl/α,β-unsaturated/α-hetero) is 2. The molecule has 0 aliphatic heterocycles. The average Bonchev–Trinajstić information content (AvgIpc) is 2.60. The van der Waals surface area contributed by atoms with Crippen molar-refractivity contribution in [1.82, 2.24) is 0 Å². The second kappa shape index (κ2) is 6.87. The van der Waals surface area contributed by atoms with E-state index in [0.717, 1.165) is 5.56 Å². The molecule has 1 N–H and O–H groups in total. The van der Waals surface area contributed by atoms with Gasteiger partial charge in [-0.05, 0) is 31.5 Å². The van der Waals surface area contributed by atoms with Crippen molar-refractivity contribution in [1.29, 1.82) is 0 Å². The molecule has 1 unspecified atom stereocenters. The fourth-order valence-electron chi connectivity index (χ4n) is 2.75. The van der Waals surface area contributed by atoms with Crippen molar-refractivity contribution < 1.29 is 19.4 Å². The van der Waals surface area contributed by atoms with E-state index < -0.39 is 5.41 Å². The zero-order valence-electron chi connectivity index (χ0n) is 14.4. The summed E-state index contributed by atoms with van der Waals surface area (Å²) in [5.41, 5.74) is 0.707. The van der Waals surface area contributed by atoms with Crippen LogP contribution >= 0.6 is 0 Å². The number of methoxy groups -OCH3 is 1.